The van der Waals surface area contributed by atoms with Crippen LogP contribution >= 0.6 is 63.7 Å². The lowest BCUT2D eigenvalue weighted by molar-refractivity contribution is 1.47. The van der Waals surface area contributed by atoms with Gasteiger partial charge in [-0.3, -0.25) is 0 Å². The van der Waals surface area contributed by atoms with Crippen molar-refractivity contribution >= 4 is 75.1 Å². The molecule has 0 heterocycles. The summed E-state index contributed by atoms with van der Waals surface area (Å²) in [5.41, 5.74) is 2.05. The summed E-state index contributed by atoms with van der Waals surface area (Å²) in [4.78, 5) is 0. The van der Waals surface area contributed by atoms with E-state index in [1.165, 1.54) is 0 Å². The number of hydrogen-bond donors (Lipinski definition) is 1. The zero-order valence-electron chi connectivity index (χ0n) is 8.48. The molecule has 0 amide bonds. The maximum atomic E-state index is 3.56. The maximum Gasteiger partial charge on any atom is 0.0563 e. The Morgan fingerprint density at radius 1 is 0.824 bits per heavy atom. The molecule has 1 nitrogen and oxygen atoms in total. The van der Waals surface area contributed by atoms with Crippen LogP contribution in [-0.2, 0) is 0 Å². The average molecular weight is 485 g/mol. The first kappa shape index (κ1) is 13.6. The van der Waals surface area contributed by atoms with Crippen molar-refractivity contribution in [2.45, 2.75) is 0 Å². The molecular formula is C12H7Br4N. The Morgan fingerprint density at radius 2 is 1.59 bits per heavy atom. The molecule has 2 rings (SSSR count). The molecule has 0 atom stereocenters. The van der Waals surface area contributed by atoms with Crippen molar-refractivity contribution in [3.8, 4) is 0 Å². The Morgan fingerprint density at radius 3 is 2.29 bits per heavy atom. The molecule has 0 bridgehead atoms. The van der Waals surface area contributed by atoms with Gasteiger partial charge >= 0.3 is 0 Å². The molecule has 2 aromatic carbocycles. The predicted molar refractivity (Wildman–Crippen MR) is 87.0 cm³/mol. The summed E-state index contributed by atoms with van der Waals surface area (Å²) >= 11 is 14.0. The normalized spacial score (nSPS) is 10.4. The topological polar surface area (TPSA) is 12.0 Å². The molecule has 0 spiro atoms. The molecule has 17 heavy (non-hydrogen) atoms. The summed E-state index contributed by atoms with van der Waals surface area (Å²) in [6.45, 7) is 0. The van der Waals surface area contributed by atoms with E-state index in [-0.39, 0.29) is 0 Å². The van der Waals surface area contributed by atoms with Crippen LogP contribution in [0.15, 0.2) is 54.3 Å². The maximum absolute atomic E-state index is 3.56. The van der Waals surface area contributed by atoms with Crippen LogP contribution in [0, 0.1) is 0 Å². The van der Waals surface area contributed by atoms with E-state index in [0.29, 0.717) is 0 Å². The number of hydrogen-bond acceptors (Lipinski definition) is 1. The summed E-state index contributed by atoms with van der Waals surface area (Å²) in [7, 11) is 0. The van der Waals surface area contributed by atoms with Gasteiger partial charge in [0.1, 0.15) is 0 Å². The highest BCUT2D eigenvalue weighted by molar-refractivity contribution is 9.14. The van der Waals surface area contributed by atoms with Gasteiger partial charge in [0.2, 0.25) is 0 Å². The lowest BCUT2D eigenvalue weighted by Gasteiger charge is -2.11. The van der Waals surface area contributed by atoms with Gasteiger partial charge in [-0.05, 0) is 78.1 Å². The molecular weight excluding hydrogens is 478 g/mol. The first-order chi connectivity index (χ1) is 8.08. The Labute approximate surface area is 134 Å². The van der Waals surface area contributed by atoms with Crippen LogP contribution in [0.25, 0.3) is 0 Å². The molecule has 0 fully saturated rings. The first-order valence-corrected chi connectivity index (χ1v) is 7.91. The molecule has 0 saturated carbocycles. The second-order valence-corrected chi connectivity index (χ2v) is 6.71. The van der Waals surface area contributed by atoms with E-state index in [1.807, 2.05) is 36.4 Å². The van der Waals surface area contributed by atoms with Gasteiger partial charge in [-0.2, -0.15) is 0 Å². The predicted octanol–water partition coefficient (Wildman–Crippen LogP) is 6.48. The van der Waals surface area contributed by atoms with Gasteiger partial charge in [0.25, 0.3) is 0 Å². The van der Waals surface area contributed by atoms with Crippen LogP contribution in [0.3, 0.4) is 0 Å². The van der Waals surface area contributed by atoms with Gasteiger partial charge in [-0.1, -0.05) is 22.0 Å². The van der Waals surface area contributed by atoms with Crippen molar-refractivity contribution in [3.05, 3.63) is 54.3 Å². The third-order valence-electron chi connectivity index (χ3n) is 2.14. The highest BCUT2D eigenvalue weighted by Gasteiger charge is 2.07. The van der Waals surface area contributed by atoms with Crippen LogP contribution in [0.5, 0.6) is 0 Å². The van der Waals surface area contributed by atoms with E-state index in [1.54, 1.807) is 0 Å². The summed E-state index contributed by atoms with van der Waals surface area (Å²) in [6.07, 6.45) is 0. The largest absolute Gasteiger partial charge is 0.355 e. The van der Waals surface area contributed by atoms with Crippen molar-refractivity contribution in [1.29, 1.82) is 0 Å². The molecule has 0 aliphatic carbocycles. The second-order valence-electron chi connectivity index (χ2n) is 3.36. The fourth-order valence-electron chi connectivity index (χ4n) is 1.34. The average Bonchev–Trinajstić information content (AvgIpc) is 2.30. The summed E-state index contributed by atoms with van der Waals surface area (Å²) in [6, 6.07) is 12.1. The van der Waals surface area contributed by atoms with Crippen LogP contribution in [-0.4, -0.2) is 0 Å². The summed E-state index contributed by atoms with van der Waals surface area (Å²) in [5.74, 6) is 0. The Balaban J connectivity index is 2.34. The van der Waals surface area contributed by atoms with E-state index in [2.05, 4.69) is 69.0 Å². The second kappa shape index (κ2) is 5.87. The molecule has 0 aliphatic rings. The lowest BCUT2D eigenvalue weighted by atomic mass is 10.3. The Kier molecular flexibility index (Phi) is 4.69. The van der Waals surface area contributed by atoms with Gasteiger partial charge in [-0.15, -0.1) is 0 Å². The summed E-state index contributed by atoms with van der Waals surface area (Å²) in [5, 5.41) is 3.35. The van der Waals surface area contributed by atoms with E-state index in [9.17, 15) is 0 Å². The third-order valence-corrected chi connectivity index (χ3v) is 6.00. The van der Waals surface area contributed by atoms with Gasteiger partial charge in [0.15, 0.2) is 0 Å². The number of anilines is 2. The van der Waals surface area contributed by atoms with Crippen LogP contribution in [0.4, 0.5) is 11.4 Å². The summed E-state index contributed by atoms with van der Waals surface area (Å²) < 4.78 is 4.06. The highest BCUT2D eigenvalue weighted by Crippen LogP contribution is 2.37. The van der Waals surface area contributed by atoms with Crippen LogP contribution in [0.1, 0.15) is 0 Å². The Bertz CT molecular complexity index is 554. The molecule has 88 valence electrons. The fraction of sp³-hybridized carbons (Fsp3) is 0. The van der Waals surface area contributed by atoms with Gasteiger partial charge in [0.05, 0.1) is 10.2 Å². The van der Waals surface area contributed by atoms with Crippen molar-refractivity contribution in [2.24, 2.45) is 0 Å². The zero-order chi connectivity index (χ0) is 12.4. The van der Waals surface area contributed by atoms with Crippen molar-refractivity contribution < 1.29 is 0 Å². The smallest absolute Gasteiger partial charge is 0.0563 e. The van der Waals surface area contributed by atoms with Crippen molar-refractivity contribution in [2.75, 3.05) is 5.32 Å². The molecule has 0 saturated heterocycles. The molecule has 0 aliphatic heterocycles. The quantitative estimate of drug-likeness (QED) is 0.481. The Hall–Kier alpha value is 0.160. The van der Waals surface area contributed by atoms with E-state index < -0.39 is 0 Å². The first-order valence-electron chi connectivity index (χ1n) is 4.74. The fourth-order valence-corrected chi connectivity index (χ4v) is 3.13. The minimum absolute atomic E-state index is 0.992. The molecule has 0 aromatic heterocycles. The van der Waals surface area contributed by atoms with Crippen LogP contribution < -0.4 is 5.32 Å². The number of benzene rings is 2. The minimum atomic E-state index is 0.992. The molecule has 0 unspecified atom stereocenters. The van der Waals surface area contributed by atoms with Crippen LogP contribution in [0.2, 0.25) is 0 Å². The standard InChI is InChI=1S/C12H7Br4N/c13-7-2-1-3-8(6-7)17-10-5-4-9(14)11(15)12(10)16/h1-6,17H. The molecule has 1 N–H and O–H groups in total. The molecule has 2 aromatic rings. The van der Waals surface area contributed by atoms with Crippen molar-refractivity contribution in [1.82, 2.24) is 0 Å². The van der Waals surface area contributed by atoms with E-state index in [0.717, 1.165) is 29.3 Å². The number of nitrogens with one attached hydrogen (secondary N) is 1. The van der Waals surface area contributed by atoms with E-state index >= 15 is 0 Å². The van der Waals surface area contributed by atoms with Gasteiger partial charge < -0.3 is 5.32 Å². The highest BCUT2D eigenvalue weighted by atomic mass is 79.9. The zero-order valence-corrected chi connectivity index (χ0v) is 14.8. The number of rotatable bonds is 2. The van der Waals surface area contributed by atoms with Gasteiger partial charge in [-0.25, -0.2) is 0 Å². The monoisotopic (exact) mass is 481 g/mol. The van der Waals surface area contributed by atoms with Crippen molar-refractivity contribution in [3.63, 3.8) is 0 Å². The van der Waals surface area contributed by atoms with Gasteiger partial charge in [0, 0.05) is 19.1 Å². The minimum Gasteiger partial charge on any atom is -0.355 e. The molecule has 5 heteroatoms. The third kappa shape index (κ3) is 3.34. The molecule has 0 radical (unpaired) electrons. The lowest BCUT2D eigenvalue weighted by Crippen LogP contribution is -1.92. The van der Waals surface area contributed by atoms with E-state index in [4.69, 9.17) is 0 Å². The SMILES string of the molecule is Brc1cccc(Nc2ccc(Br)c(Br)c2Br)c1. The number of halogens is 4.